The largest absolute Gasteiger partial charge is 0.336 e. The summed E-state index contributed by atoms with van der Waals surface area (Å²) in [4.78, 5) is 4.06. The minimum absolute atomic E-state index is 0. The van der Waals surface area contributed by atoms with Gasteiger partial charge in [-0.15, -0.1) is 12.4 Å². The van der Waals surface area contributed by atoms with Crippen molar-refractivity contribution in [3.63, 3.8) is 0 Å². The quantitative estimate of drug-likeness (QED) is 0.459. The van der Waals surface area contributed by atoms with E-state index in [4.69, 9.17) is 5.10 Å². The van der Waals surface area contributed by atoms with Gasteiger partial charge in [0.1, 0.15) is 5.82 Å². The van der Waals surface area contributed by atoms with E-state index in [0.29, 0.717) is 6.54 Å². The molecule has 0 aliphatic rings. The molecule has 7 heteroatoms. The van der Waals surface area contributed by atoms with Crippen molar-refractivity contribution < 1.29 is 4.39 Å². The summed E-state index contributed by atoms with van der Waals surface area (Å²) in [6.07, 6.45) is 7.55. The van der Waals surface area contributed by atoms with E-state index >= 15 is 0 Å². The SMILES string of the molecule is Cc1ccc(-c2nn(-c3ccc(F)cc3)cc2CNCCn2ccnc2)cc1.Cl. The van der Waals surface area contributed by atoms with E-state index < -0.39 is 0 Å². The van der Waals surface area contributed by atoms with Crippen molar-refractivity contribution in [2.75, 3.05) is 6.54 Å². The molecule has 0 bridgehead atoms. The number of imidazole rings is 1. The van der Waals surface area contributed by atoms with Crippen LogP contribution < -0.4 is 5.32 Å². The van der Waals surface area contributed by atoms with Gasteiger partial charge in [-0.3, -0.25) is 0 Å². The molecule has 0 amide bonds. The van der Waals surface area contributed by atoms with Crippen LogP contribution in [0.25, 0.3) is 16.9 Å². The molecule has 0 unspecified atom stereocenters. The Hall–Kier alpha value is -2.96. The Balaban J connectivity index is 0.00000240. The molecule has 29 heavy (non-hydrogen) atoms. The first-order valence-electron chi connectivity index (χ1n) is 9.27. The summed E-state index contributed by atoms with van der Waals surface area (Å²) in [6.45, 7) is 4.44. The van der Waals surface area contributed by atoms with E-state index in [9.17, 15) is 4.39 Å². The maximum absolute atomic E-state index is 13.3. The first-order chi connectivity index (χ1) is 13.7. The lowest BCUT2D eigenvalue weighted by Gasteiger charge is -2.06. The van der Waals surface area contributed by atoms with Crippen LogP contribution in [0.5, 0.6) is 0 Å². The van der Waals surface area contributed by atoms with Gasteiger partial charge in [-0.2, -0.15) is 5.10 Å². The molecule has 0 saturated heterocycles. The Morgan fingerprint density at radius 1 is 1.03 bits per heavy atom. The number of benzene rings is 2. The number of rotatable bonds is 7. The van der Waals surface area contributed by atoms with E-state index in [-0.39, 0.29) is 18.2 Å². The van der Waals surface area contributed by atoms with Gasteiger partial charge in [0.05, 0.1) is 17.7 Å². The number of aromatic nitrogens is 4. The standard InChI is InChI=1S/C22H22FN5.ClH/c1-17-2-4-18(5-3-17)22-19(14-24-10-12-27-13-11-25-16-27)15-28(26-22)21-8-6-20(23)7-9-21;/h2-9,11,13,15-16,24H,10,12,14H2,1H3;1H. The van der Waals surface area contributed by atoms with Crippen molar-refractivity contribution in [1.82, 2.24) is 24.6 Å². The lowest BCUT2D eigenvalue weighted by atomic mass is 10.1. The Bertz CT molecular complexity index is 1020. The second-order valence-corrected chi connectivity index (χ2v) is 6.77. The van der Waals surface area contributed by atoms with Gasteiger partial charge >= 0.3 is 0 Å². The van der Waals surface area contributed by atoms with Crippen molar-refractivity contribution >= 4 is 12.4 Å². The molecule has 4 rings (SSSR count). The molecule has 0 fully saturated rings. The molecule has 5 nitrogen and oxygen atoms in total. The third kappa shape index (κ3) is 5.10. The summed E-state index contributed by atoms with van der Waals surface area (Å²) in [5, 5.41) is 8.25. The number of nitrogens with zero attached hydrogens (tertiary/aromatic N) is 4. The minimum atomic E-state index is -0.254. The lowest BCUT2D eigenvalue weighted by Crippen LogP contribution is -2.19. The smallest absolute Gasteiger partial charge is 0.123 e. The van der Waals surface area contributed by atoms with Gasteiger partial charge in [-0.1, -0.05) is 29.8 Å². The van der Waals surface area contributed by atoms with Gasteiger partial charge in [0.25, 0.3) is 0 Å². The highest BCUT2D eigenvalue weighted by atomic mass is 35.5. The van der Waals surface area contributed by atoms with Gasteiger partial charge in [-0.05, 0) is 31.2 Å². The topological polar surface area (TPSA) is 47.7 Å². The summed E-state index contributed by atoms with van der Waals surface area (Å²) in [6, 6.07) is 14.7. The van der Waals surface area contributed by atoms with E-state index in [1.807, 2.05) is 28.0 Å². The third-order valence-electron chi connectivity index (χ3n) is 4.63. The van der Waals surface area contributed by atoms with E-state index in [2.05, 4.69) is 41.5 Å². The third-order valence-corrected chi connectivity index (χ3v) is 4.63. The molecular formula is C22H23ClFN5. The Kier molecular flexibility index (Phi) is 6.80. The van der Waals surface area contributed by atoms with Crippen molar-refractivity contribution in [2.24, 2.45) is 0 Å². The molecule has 2 heterocycles. The molecule has 2 aromatic heterocycles. The highest BCUT2D eigenvalue weighted by Gasteiger charge is 2.12. The van der Waals surface area contributed by atoms with Crippen LogP contribution in [-0.2, 0) is 13.1 Å². The van der Waals surface area contributed by atoms with Crippen molar-refractivity contribution in [2.45, 2.75) is 20.0 Å². The molecule has 4 aromatic rings. The number of hydrogen-bond acceptors (Lipinski definition) is 3. The first kappa shape index (κ1) is 20.8. The Morgan fingerprint density at radius 2 is 1.79 bits per heavy atom. The van der Waals surface area contributed by atoms with E-state index in [0.717, 1.165) is 35.6 Å². The normalized spacial score (nSPS) is 10.7. The zero-order valence-electron chi connectivity index (χ0n) is 16.1. The van der Waals surface area contributed by atoms with Crippen LogP contribution in [0.4, 0.5) is 4.39 Å². The zero-order valence-corrected chi connectivity index (χ0v) is 16.9. The Labute approximate surface area is 175 Å². The zero-order chi connectivity index (χ0) is 19.3. The first-order valence-corrected chi connectivity index (χ1v) is 9.27. The highest BCUT2D eigenvalue weighted by Crippen LogP contribution is 2.24. The van der Waals surface area contributed by atoms with Crippen molar-refractivity contribution in [1.29, 1.82) is 0 Å². The molecule has 2 aromatic carbocycles. The van der Waals surface area contributed by atoms with Crippen LogP contribution in [0.3, 0.4) is 0 Å². The van der Waals surface area contributed by atoms with Crippen molar-refractivity contribution in [3.05, 3.63) is 90.4 Å². The van der Waals surface area contributed by atoms with E-state index in [1.165, 1.54) is 17.7 Å². The number of aryl methyl sites for hydroxylation is 1. The van der Waals surface area contributed by atoms with Gasteiger partial charge in [0.15, 0.2) is 0 Å². The minimum Gasteiger partial charge on any atom is -0.336 e. The molecule has 0 saturated carbocycles. The maximum atomic E-state index is 13.3. The number of hydrogen-bond donors (Lipinski definition) is 1. The summed E-state index contributed by atoms with van der Waals surface area (Å²) in [7, 11) is 0. The Morgan fingerprint density at radius 3 is 2.48 bits per heavy atom. The highest BCUT2D eigenvalue weighted by molar-refractivity contribution is 5.85. The van der Waals surface area contributed by atoms with Gasteiger partial charge in [0.2, 0.25) is 0 Å². The van der Waals surface area contributed by atoms with Crippen LogP contribution >= 0.6 is 12.4 Å². The maximum Gasteiger partial charge on any atom is 0.123 e. The molecule has 1 N–H and O–H groups in total. The van der Waals surface area contributed by atoms with Crippen LogP contribution in [0.1, 0.15) is 11.1 Å². The summed E-state index contributed by atoms with van der Waals surface area (Å²) < 4.78 is 17.1. The predicted octanol–water partition coefficient (Wildman–Crippen LogP) is 4.39. The lowest BCUT2D eigenvalue weighted by molar-refractivity contribution is 0.597. The molecule has 150 valence electrons. The molecular weight excluding hydrogens is 389 g/mol. The fourth-order valence-corrected chi connectivity index (χ4v) is 3.07. The van der Waals surface area contributed by atoms with Gasteiger partial charge in [-0.25, -0.2) is 14.1 Å². The molecule has 0 aliphatic heterocycles. The summed E-state index contributed by atoms with van der Waals surface area (Å²) >= 11 is 0. The van der Waals surface area contributed by atoms with E-state index in [1.54, 1.807) is 18.3 Å². The number of halogens is 2. The average molecular weight is 412 g/mol. The fourth-order valence-electron chi connectivity index (χ4n) is 3.07. The van der Waals surface area contributed by atoms with Crippen LogP contribution in [0, 0.1) is 12.7 Å². The second-order valence-electron chi connectivity index (χ2n) is 6.77. The monoisotopic (exact) mass is 411 g/mol. The van der Waals surface area contributed by atoms with Gasteiger partial charge < -0.3 is 9.88 Å². The molecule has 0 spiro atoms. The van der Waals surface area contributed by atoms with Crippen molar-refractivity contribution in [3.8, 4) is 16.9 Å². The molecule has 0 radical (unpaired) electrons. The fraction of sp³-hybridized carbons (Fsp3) is 0.182. The average Bonchev–Trinajstić information content (AvgIpc) is 3.36. The summed E-state index contributed by atoms with van der Waals surface area (Å²) in [5.74, 6) is -0.254. The van der Waals surface area contributed by atoms with Gasteiger partial charge in [0, 0.05) is 49.4 Å². The van der Waals surface area contributed by atoms with Crippen LogP contribution in [0.2, 0.25) is 0 Å². The molecule has 0 aliphatic carbocycles. The second kappa shape index (κ2) is 9.49. The number of nitrogens with one attached hydrogen (secondary N) is 1. The molecule has 0 atom stereocenters. The van der Waals surface area contributed by atoms with Crippen LogP contribution in [0.15, 0.2) is 73.4 Å². The van der Waals surface area contributed by atoms with Crippen LogP contribution in [-0.4, -0.2) is 25.9 Å². The summed E-state index contributed by atoms with van der Waals surface area (Å²) in [5.41, 5.74) is 5.14. The predicted molar refractivity (Wildman–Crippen MR) is 115 cm³/mol.